The number of imidazole rings is 1. The van der Waals surface area contributed by atoms with E-state index in [4.69, 9.17) is 23.8 Å². The first-order valence-corrected chi connectivity index (χ1v) is 6.52. The summed E-state index contributed by atoms with van der Waals surface area (Å²) in [6, 6.07) is 10.1. The predicted molar refractivity (Wildman–Crippen MR) is 78.2 cm³/mol. The van der Waals surface area contributed by atoms with Crippen molar-refractivity contribution >= 4 is 34.9 Å². The molecule has 1 N–H and O–H groups in total. The molecule has 2 aromatic carbocycles. The topological polar surface area (TPSA) is 20.7 Å². The van der Waals surface area contributed by atoms with E-state index in [0.29, 0.717) is 9.79 Å². The molecule has 0 saturated heterocycles. The van der Waals surface area contributed by atoms with Crippen molar-refractivity contribution in [1.82, 2.24) is 9.55 Å². The summed E-state index contributed by atoms with van der Waals surface area (Å²) in [7, 11) is 0. The van der Waals surface area contributed by atoms with Gasteiger partial charge in [-0.2, -0.15) is 0 Å². The Kier molecular flexibility index (Phi) is 2.92. The van der Waals surface area contributed by atoms with Gasteiger partial charge in [0.2, 0.25) is 0 Å². The van der Waals surface area contributed by atoms with Gasteiger partial charge in [-0.3, -0.25) is 4.57 Å². The van der Waals surface area contributed by atoms with Crippen LogP contribution < -0.4 is 0 Å². The first-order chi connectivity index (χ1) is 9.06. The van der Waals surface area contributed by atoms with E-state index in [2.05, 4.69) is 4.98 Å². The van der Waals surface area contributed by atoms with Crippen LogP contribution in [-0.4, -0.2) is 9.55 Å². The molecular weight excluding hydrogens is 283 g/mol. The van der Waals surface area contributed by atoms with Crippen LogP contribution in [0.1, 0.15) is 5.56 Å². The molecule has 0 atom stereocenters. The fourth-order valence-corrected chi connectivity index (χ4v) is 2.63. The second kappa shape index (κ2) is 4.47. The summed E-state index contributed by atoms with van der Waals surface area (Å²) in [4.78, 5) is 3.08. The molecule has 0 spiro atoms. The van der Waals surface area contributed by atoms with Crippen LogP contribution in [0.25, 0.3) is 16.7 Å². The van der Waals surface area contributed by atoms with E-state index in [-0.39, 0.29) is 5.82 Å². The van der Waals surface area contributed by atoms with Crippen molar-refractivity contribution in [2.24, 2.45) is 0 Å². The highest BCUT2D eigenvalue weighted by molar-refractivity contribution is 7.71. The molecule has 1 aromatic heterocycles. The van der Waals surface area contributed by atoms with Gasteiger partial charge in [-0.25, -0.2) is 4.39 Å². The molecule has 0 unspecified atom stereocenters. The van der Waals surface area contributed by atoms with Gasteiger partial charge in [0.25, 0.3) is 0 Å². The molecule has 0 fully saturated rings. The van der Waals surface area contributed by atoms with Gasteiger partial charge in [-0.15, -0.1) is 0 Å². The number of halogens is 2. The van der Waals surface area contributed by atoms with Gasteiger partial charge < -0.3 is 4.98 Å². The maximum atomic E-state index is 13.5. The Hall–Kier alpha value is -1.65. The molecule has 0 saturated carbocycles. The van der Waals surface area contributed by atoms with Crippen LogP contribution in [0.3, 0.4) is 0 Å². The van der Waals surface area contributed by atoms with E-state index in [1.807, 2.05) is 17.6 Å². The number of hydrogen-bond acceptors (Lipinski definition) is 1. The fourth-order valence-electron chi connectivity index (χ4n) is 2.15. The molecule has 96 valence electrons. The number of nitrogens with zero attached hydrogens (tertiary/aromatic N) is 1. The van der Waals surface area contributed by atoms with Crippen molar-refractivity contribution in [3.63, 3.8) is 0 Å². The highest BCUT2D eigenvalue weighted by Gasteiger charge is 2.10. The molecule has 3 rings (SSSR count). The molecule has 0 aliphatic heterocycles. The molecule has 3 aromatic rings. The molecule has 0 amide bonds. The predicted octanol–water partition coefficient (Wildman–Crippen LogP) is 4.79. The molecule has 2 nitrogen and oxygen atoms in total. The van der Waals surface area contributed by atoms with E-state index in [0.717, 1.165) is 22.3 Å². The first-order valence-electron chi connectivity index (χ1n) is 5.73. The van der Waals surface area contributed by atoms with Crippen molar-refractivity contribution in [2.45, 2.75) is 6.92 Å². The molecule has 0 radical (unpaired) electrons. The van der Waals surface area contributed by atoms with Crippen LogP contribution in [-0.2, 0) is 0 Å². The monoisotopic (exact) mass is 292 g/mol. The van der Waals surface area contributed by atoms with Crippen molar-refractivity contribution in [3.05, 3.63) is 57.6 Å². The highest BCUT2D eigenvalue weighted by Crippen LogP contribution is 2.24. The number of benzene rings is 2. The van der Waals surface area contributed by atoms with Gasteiger partial charge in [0.1, 0.15) is 5.82 Å². The van der Waals surface area contributed by atoms with Gasteiger partial charge in [-0.05, 0) is 55.0 Å². The van der Waals surface area contributed by atoms with Crippen molar-refractivity contribution < 1.29 is 4.39 Å². The van der Waals surface area contributed by atoms with Crippen LogP contribution in [0.15, 0.2) is 36.4 Å². The third kappa shape index (κ3) is 2.07. The number of rotatable bonds is 1. The fraction of sp³-hybridized carbons (Fsp3) is 0.0714. The minimum absolute atomic E-state index is 0.286. The van der Waals surface area contributed by atoms with Crippen LogP contribution >= 0.6 is 23.8 Å². The minimum atomic E-state index is -0.286. The Labute approximate surface area is 119 Å². The van der Waals surface area contributed by atoms with E-state index in [9.17, 15) is 4.39 Å². The summed E-state index contributed by atoms with van der Waals surface area (Å²) >= 11 is 11.3. The van der Waals surface area contributed by atoms with E-state index < -0.39 is 0 Å². The number of aromatic nitrogens is 2. The zero-order valence-electron chi connectivity index (χ0n) is 10.1. The molecule has 1 heterocycles. The van der Waals surface area contributed by atoms with Gasteiger partial charge in [0.15, 0.2) is 4.77 Å². The summed E-state index contributed by atoms with van der Waals surface area (Å²) < 4.78 is 15.8. The quantitative estimate of drug-likeness (QED) is 0.640. The van der Waals surface area contributed by atoms with E-state index in [1.54, 1.807) is 18.2 Å². The number of fused-ring (bicyclic) bond motifs is 1. The first kappa shape index (κ1) is 12.4. The zero-order valence-corrected chi connectivity index (χ0v) is 11.6. The number of nitrogens with one attached hydrogen (secondary N) is 1. The van der Waals surface area contributed by atoms with Crippen molar-refractivity contribution in [1.29, 1.82) is 0 Å². The average Bonchev–Trinajstić information content (AvgIpc) is 2.67. The largest absolute Gasteiger partial charge is 0.330 e. The number of aromatic amines is 1. The summed E-state index contributed by atoms with van der Waals surface area (Å²) in [6.45, 7) is 1.92. The van der Waals surface area contributed by atoms with Gasteiger partial charge >= 0.3 is 0 Å². The maximum Gasteiger partial charge on any atom is 0.182 e. The molecule has 0 aliphatic carbocycles. The lowest BCUT2D eigenvalue weighted by molar-refractivity contribution is 0.626. The molecule has 19 heavy (non-hydrogen) atoms. The molecule has 0 bridgehead atoms. The third-order valence-corrected chi connectivity index (χ3v) is 3.58. The zero-order chi connectivity index (χ0) is 13.6. The van der Waals surface area contributed by atoms with Crippen LogP contribution in [0.5, 0.6) is 0 Å². The van der Waals surface area contributed by atoms with E-state index >= 15 is 0 Å². The summed E-state index contributed by atoms with van der Waals surface area (Å²) in [5.74, 6) is -0.286. The van der Waals surface area contributed by atoms with Crippen LogP contribution in [0.4, 0.5) is 4.39 Å². The lowest BCUT2D eigenvalue weighted by Crippen LogP contribution is -1.97. The minimum Gasteiger partial charge on any atom is -0.330 e. The Morgan fingerprint density at radius 3 is 2.79 bits per heavy atom. The average molecular weight is 293 g/mol. The highest BCUT2D eigenvalue weighted by atomic mass is 35.5. The van der Waals surface area contributed by atoms with Crippen LogP contribution in [0.2, 0.25) is 5.02 Å². The summed E-state index contributed by atoms with van der Waals surface area (Å²) in [5.41, 5.74) is 3.40. The lowest BCUT2D eigenvalue weighted by atomic mass is 10.2. The molecule has 5 heteroatoms. The second-order valence-electron chi connectivity index (χ2n) is 4.36. The van der Waals surface area contributed by atoms with Crippen LogP contribution in [0, 0.1) is 17.5 Å². The number of H-pyrrole nitrogens is 1. The lowest BCUT2D eigenvalue weighted by Gasteiger charge is -2.08. The van der Waals surface area contributed by atoms with Gasteiger partial charge in [-0.1, -0.05) is 17.7 Å². The Bertz CT molecular complexity index is 835. The Morgan fingerprint density at radius 2 is 2.00 bits per heavy atom. The second-order valence-corrected chi connectivity index (χ2v) is 5.18. The number of aryl methyl sites for hydroxylation is 1. The molecular formula is C14H10ClFN2S. The normalized spacial score (nSPS) is 11.1. The molecule has 0 aliphatic rings. The van der Waals surface area contributed by atoms with E-state index in [1.165, 1.54) is 12.1 Å². The van der Waals surface area contributed by atoms with Gasteiger partial charge in [0.05, 0.1) is 16.7 Å². The number of hydrogen-bond donors (Lipinski definition) is 1. The SMILES string of the molecule is Cc1ccc(F)cc1-n1c(=S)[nH]c2cc(Cl)ccc21. The smallest absolute Gasteiger partial charge is 0.182 e. The van der Waals surface area contributed by atoms with Crippen molar-refractivity contribution in [3.8, 4) is 5.69 Å². The van der Waals surface area contributed by atoms with Crippen molar-refractivity contribution in [2.75, 3.05) is 0 Å². The summed E-state index contributed by atoms with van der Waals surface area (Å²) in [5, 5.41) is 0.631. The standard InChI is InChI=1S/C14H10ClFN2S/c1-8-2-4-10(16)7-13(8)18-12-5-3-9(15)6-11(12)17-14(18)19/h2-7H,1H3,(H,17,19). The maximum absolute atomic E-state index is 13.5. The third-order valence-electron chi connectivity index (χ3n) is 3.06. The Balaban J connectivity index is 2.39. The summed E-state index contributed by atoms with van der Waals surface area (Å²) in [6.07, 6.45) is 0. The van der Waals surface area contributed by atoms with Gasteiger partial charge in [0, 0.05) is 5.02 Å². The Morgan fingerprint density at radius 1 is 1.21 bits per heavy atom.